The van der Waals surface area contributed by atoms with E-state index in [4.69, 9.17) is 25.2 Å². The summed E-state index contributed by atoms with van der Waals surface area (Å²) < 4.78 is 66.9. The standard InChI is InChI=1S/C12H18FN4O12P3/c1-12(18)8(13)7(4-26-31(22,23)29-32(24,25)28-30(19,20)21)27-11(12)17-3-2-6-9(14)15-5-16-10(6)17/h2-3,5,7-8,11,18H,4H2,1H3,(H,22,23)(H,24,25)(H2,14,15,16)(H2,19,20,21)/t7-,8-,11-,12-/m1/s1. The van der Waals surface area contributed by atoms with Crippen molar-refractivity contribution < 1.29 is 60.6 Å². The Labute approximate surface area is 178 Å². The number of hydrogen-bond donors (Lipinski definition) is 6. The van der Waals surface area contributed by atoms with E-state index in [1.54, 1.807) is 0 Å². The highest BCUT2D eigenvalue weighted by Gasteiger charge is 2.55. The Kier molecular flexibility index (Phi) is 6.70. The minimum absolute atomic E-state index is 0.118. The number of nitrogens with two attached hydrogens (primary N) is 1. The molecule has 1 aliphatic rings. The maximum absolute atomic E-state index is 14.9. The highest BCUT2D eigenvalue weighted by molar-refractivity contribution is 7.66. The number of aliphatic hydroxyl groups is 1. The van der Waals surface area contributed by atoms with Crippen LogP contribution in [0.2, 0.25) is 0 Å². The summed E-state index contributed by atoms with van der Waals surface area (Å²) in [6, 6.07) is 1.50. The fraction of sp³-hybridized carbons (Fsp3) is 0.500. The molecule has 2 aromatic heterocycles. The number of aromatic nitrogens is 3. The van der Waals surface area contributed by atoms with Crippen LogP contribution in [0.5, 0.6) is 0 Å². The molecule has 0 aromatic carbocycles. The van der Waals surface area contributed by atoms with Crippen LogP contribution < -0.4 is 5.73 Å². The zero-order chi connectivity index (χ0) is 24.1. The van der Waals surface area contributed by atoms with E-state index < -0.39 is 54.2 Å². The van der Waals surface area contributed by atoms with Gasteiger partial charge < -0.3 is 39.7 Å². The van der Waals surface area contributed by atoms with Gasteiger partial charge in [0.05, 0.1) is 12.0 Å². The van der Waals surface area contributed by atoms with Crippen molar-refractivity contribution >= 4 is 40.3 Å². The van der Waals surface area contributed by atoms with Crippen LogP contribution in [0.25, 0.3) is 11.0 Å². The lowest BCUT2D eigenvalue weighted by Gasteiger charge is -2.26. The van der Waals surface area contributed by atoms with Crippen molar-refractivity contribution in [3.8, 4) is 0 Å². The lowest BCUT2D eigenvalue weighted by atomic mass is 9.98. The monoisotopic (exact) mass is 522 g/mol. The van der Waals surface area contributed by atoms with Gasteiger partial charge in [0.15, 0.2) is 12.4 Å². The fourth-order valence-corrected chi connectivity index (χ4v) is 6.04. The van der Waals surface area contributed by atoms with Gasteiger partial charge in [0, 0.05) is 6.20 Å². The van der Waals surface area contributed by atoms with Gasteiger partial charge in [-0.15, -0.1) is 0 Å². The number of anilines is 1. The predicted octanol–water partition coefficient (Wildman–Crippen LogP) is 0.343. The van der Waals surface area contributed by atoms with Crippen LogP contribution in [-0.4, -0.2) is 63.7 Å². The van der Waals surface area contributed by atoms with Gasteiger partial charge in [0.25, 0.3) is 0 Å². The summed E-state index contributed by atoms with van der Waals surface area (Å²) in [5, 5.41) is 11.0. The number of ether oxygens (including phenoxy) is 1. The molecular weight excluding hydrogens is 504 g/mol. The molecule has 7 N–H and O–H groups in total. The fourth-order valence-electron chi connectivity index (χ4n) is 3.01. The van der Waals surface area contributed by atoms with E-state index in [0.29, 0.717) is 5.39 Å². The van der Waals surface area contributed by atoms with E-state index >= 15 is 0 Å². The maximum Gasteiger partial charge on any atom is 0.490 e. The first kappa shape index (κ1) is 25.3. The van der Waals surface area contributed by atoms with Crippen LogP contribution in [-0.2, 0) is 31.6 Å². The van der Waals surface area contributed by atoms with Gasteiger partial charge in [-0.2, -0.15) is 8.62 Å². The van der Waals surface area contributed by atoms with Crippen LogP contribution in [0.15, 0.2) is 18.6 Å². The molecule has 0 amide bonds. The average Bonchev–Trinajstić information content (AvgIpc) is 3.11. The van der Waals surface area contributed by atoms with Gasteiger partial charge in [0.1, 0.15) is 29.5 Å². The molecule has 20 heteroatoms. The number of phosphoric acid groups is 3. The topological polar surface area (TPSA) is 246 Å². The van der Waals surface area contributed by atoms with Crippen LogP contribution in [0.4, 0.5) is 10.2 Å². The quantitative estimate of drug-likeness (QED) is 0.256. The van der Waals surface area contributed by atoms with E-state index in [-0.39, 0.29) is 11.5 Å². The average molecular weight is 522 g/mol. The minimum Gasteiger partial charge on any atom is -0.383 e. The predicted molar refractivity (Wildman–Crippen MR) is 101 cm³/mol. The van der Waals surface area contributed by atoms with Gasteiger partial charge in [-0.25, -0.2) is 28.1 Å². The Morgan fingerprint density at radius 1 is 1.22 bits per heavy atom. The van der Waals surface area contributed by atoms with Gasteiger partial charge in [0.2, 0.25) is 0 Å². The number of rotatable bonds is 8. The van der Waals surface area contributed by atoms with Gasteiger partial charge in [-0.1, -0.05) is 0 Å². The van der Waals surface area contributed by atoms with Gasteiger partial charge in [-0.05, 0) is 13.0 Å². The Bertz CT molecular complexity index is 1150. The number of hydrogen-bond acceptors (Lipinski definition) is 11. The minimum atomic E-state index is -5.74. The van der Waals surface area contributed by atoms with E-state index in [0.717, 1.165) is 13.3 Å². The highest BCUT2D eigenvalue weighted by atomic mass is 31.3. The molecule has 3 rings (SSSR count). The van der Waals surface area contributed by atoms with Crippen LogP contribution in [0.1, 0.15) is 13.2 Å². The zero-order valence-electron chi connectivity index (χ0n) is 15.9. The molecule has 1 fully saturated rings. The summed E-state index contributed by atoms with van der Waals surface area (Å²) in [5.74, 6) is 0.118. The molecule has 0 aliphatic carbocycles. The number of nitrogens with zero attached hydrogens (tertiary/aromatic N) is 3. The second-order valence-corrected chi connectivity index (χ2v) is 11.2. The van der Waals surface area contributed by atoms with Crippen molar-refractivity contribution in [3.63, 3.8) is 0 Å². The number of halogens is 1. The summed E-state index contributed by atoms with van der Waals surface area (Å²) in [4.78, 5) is 43.5. The first-order chi connectivity index (χ1) is 14.5. The normalized spacial score (nSPS) is 30.3. The summed E-state index contributed by atoms with van der Waals surface area (Å²) in [6.07, 6.45) is -2.75. The van der Waals surface area contributed by atoms with Crippen LogP contribution in [0, 0.1) is 0 Å². The number of nitrogen functional groups attached to an aromatic ring is 1. The van der Waals surface area contributed by atoms with Crippen LogP contribution >= 0.6 is 23.5 Å². The summed E-state index contributed by atoms with van der Waals surface area (Å²) in [7, 11) is -16.8. The summed E-state index contributed by atoms with van der Waals surface area (Å²) in [6.45, 7) is 0.0113. The second kappa shape index (κ2) is 8.47. The first-order valence-electron chi connectivity index (χ1n) is 8.40. The first-order valence-corrected chi connectivity index (χ1v) is 12.9. The molecule has 0 radical (unpaired) electrons. The van der Waals surface area contributed by atoms with E-state index in [2.05, 4.69) is 23.1 Å². The Hall–Kier alpha value is -1.32. The third-order valence-electron chi connectivity index (χ3n) is 4.30. The molecular formula is C12H18FN4O12P3. The molecule has 0 spiro atoms. The molecule has 16 nitrogen and oxygen atoms in total. The number of phosphoric ester groups is 1. The van der Waals surface area contributed by atoms with Crippen molar-refractivity contribution in [1.82, 2.24) is 14.5 Å². The summed E-state index contributed by atoms with van der Waals surface area (Å²) >= 11 is 0. The lowest BCUT2D eigenvalue weighted by Crippen LogP contribution is -2.41. The lowest BCUT2D eigenvalue weighted by molar-refractivity contribution is -0.0886. The van der Waals surface area contributed by atoms with Crippen molar-refractivity contribution in [2.45, 2.75) is 31.0 Å². The molecule has 0 saturated carbocycles. The van der Waals surface area contributed by atoms with E-state index in [1.807, 2.05) is 0 Å². The van der Waals surface area contributed by atoms with Crippen molar-refractivity contribution in [3.05, 3.63) is 18.6 Å². The smallest absolute Gasteiger partial charge is 0.383 e. The Morgan fingerprint density at radius 2 is 1.88 bits per heavy atom. The van der Waals surface area contributed by atoms with Gasteiger partial charge >= 0.3 is 23.5 Å². The summed E-state index contributed by atoms with van der Waals surface area (Å²) in [5.41, 5.74) is 3.74. The SMILES string of the molecule is C[C@@]1(O)[C@H](F)[C@@H](COP(=O)(O)OP(=O)(O)OP(=O)(O)O)O[C@H]1n1ccc2c(N)ncnc21. The molecule has 32 heavy (non-hydrogen) atoms. The van der Waals surface area contributed by atoms with Crippen molar-refractivity contribution in [2.24, 2.45) is 0 Å². The molecule has 6 atom stereocenters. The van der Waals surface area contributed by atoms with E-state index in [1.165, 1.54) is 16.8 Å². The Balaban J connectivity index is 1.74. The van der Waals surface area contributed by atoms with Crippen LogP contribution in [0.3, 0.4) is 0 Å². The van der Waals surface area contributed by atoms with E-state index in [9.17, 15) is 28.1 Å². The molecule has 1 saturated heterocycles. The van der Waals surface area contributed by atoms with Crippen molar-refractivity contribution in [1.29, 1.82) is 0 Å². The second-order valence-electron chi connectivity index (χ2n) is 6.76. The highest BCUT2D eigenvalue weighted by Crippen LogP contribution is 2.66. The number of alkyl halides is 1. The molecule has 0 bridgehead atoms. The van der Waals surface area contributed by atoms with Crippen molar-refractivity contribution in [2.75, 3.05) is 12.3 Å². The molecule has 2 aromatic rings. The molecule has 1 aliphatic heterocycles. The maximum atomic E-state index is 14.9. The zero-order valence-corrected chi connectivity index (χ0v) is 18.6. The Morgan fingerprint density at radius 3 is 2.50 bits per heavy atom. The molecule has 3 heterocycles. The molecule has 180 valence electrons. The third kappa shape index (κ3) is 5.42. The third-order valence-corrected chi connectivity index (χ3v) is 8.10. The number of fused-ring (bicyclic) bond motifs is 1. The van der Waals surface area contributed by atoms with Gasteiger partial charge in [-0.3, -0.25) is 4.52 Å². The molecule has 2 unspecified atom stereocenters. The largest absolute Gasteiger partial charge is 0.490 e.